The van der Waals surface area contributed by atoms with Crippen LogP contribution in [0.15, 0.2) is 30.3 Å². The first-order valence-electron chi connectivity index (χ1n) is 7.32. The van der Waals surface area contributed by atoms with Gasteiger partial charge in [-0.3, -0.25) is 0 Å². The molecule has 0 spiro atoms. The van der Waals surface area contributed by atoms with Crippen LogP contribution in [0.2, 0.25) is 0 Å². The lowest BCUT2D eigenvalue weighted by atomic mass is 9.78. The van der Waals surface area contributed by atoms with Crippen molar-refractivity contribution in [3.05, 3.63) is 41.5 Å². The molecule has 1 aliphatic carbocycles. The average molecular weight is 274 g/mol. The van der Waals surface area contributed by atoms with E-state index in [0.717, 1.165) is 6.42 Å². The SMILES string of the molecule is CC1=CC(C)(C(O)CCC2OCCO2)c2ccccc21. The highest BCUT2D eigenvalue weighted by Crippen LogP contribution is 2.43. The Kier molecular flexibility index (Phi) is 3.67. The normalized spacial score (nSPS) is 27.4. The van der Waals surface area contributed by atoms with E-state index in [0.29, 0.717) is 19.6 Å². The van der Waals surface area contributed by atoms with Crippen LogP contribution in [-0.2, 0) is 14.9 Å². The molecule has 1 heterocycles. The smallest absolute Gasteiger partial charge is 0.157 e. The Morgan fingerprint density at radius 3 is 2.75 bits per heavy atom. The van der Waals surface area contributed by atoms with Crippen molar-refractivity contribution >= 4 is 5.57 Å². The molecule has 1 aliphatic heterocycles. The van der Waals surface area contributed by atoms with E-state index in [4.69, 9.17) is 9.47 Å². The molecule has 0 bridgehead atoms. The number of rotatable bonds is 4. The van der Waals surface area contributed by atoms with Gasteiger partial charge in [0.05, 0.1) is 19.3 Å². The molecular formula is C17H22O3. The van der Waals surface area contributed by atoms with Crippen molar-refractivity contribution in [3.8, 4) is 0 Å². The zero-order chi connectivity index (χ0) is 14.2. The molecule has 1 aromatic rings. The average Bonchev–Trinajstić information content (AvgIpc) is 3.05. The molecule has 0 amide bonds. The summed E-state index contributed by atoms with van der Waals surface area (Å²) >= 11 is 0. The zero-order valence-corrected chi connectivity index (χ0v) is 12.1. The second-order valence-corrected chi connectivity index (χ2v) is 5.92. The van der Waals surface area contributed by atoms with E-state index in [-0.39, 0.29) is 11.7 Å². The van der Waals surface area contributed by atoms with Crippen LogP contribution in [0.3, 0.4) is 0 Å². The minimum atomic E-state index is -0.422. The number of hydrogen-bond donors (Lipinski definition) is 1. The van der Waals surface area contributed by atoms with Crippen LogP contribution in [0.25, 0.3) is 5.57 Å². The second-order valence-electron chi connectivity index (χ2n) is 5.92. The summed E-state index contributed by atoms with van der Waals surface area (Å²) in [5.74, 6) is 0. The molecule has 2 aliphatic rings. The second kappa shape index (κ2) is 5.32. The number of aliphatic hydroxyl groups is 1. The van der Waals surface area contributed by atoms with E-state index < -0.39 is 6.10 Å². The first-order valence-corrected chi connectivity index (χ1v) is 7.32. The van der Waals surface area contributed by atoms with Crippen LogP contribution in [0, 0.1) is 0 Å². The first kappa shape index (κ1) is 13.8. The van der Waals surface area contributed by atoms with E-state index >= 15 is 0 Å². The molecule has 3 heteroatoms. The topological polar surface area (TPSA) is 38.7 Å². The van der Waals surface area contributed by atoms with Crippen LogP contribution in [0.5, 0.6) is 0 Å². The van der Waals surface area contributed by atoms with Gasteiger partial charge in [-0.15, -0.1) is 0 Å². The number of hydrogen-bond acceptors (Lipinski definition) is 3. The molecular weight excluding hydrogens is 252 g/mol. The van der Waals surface area contributed by atoms with Gasteiger partial charge < -0.3 is 14.6 Å². The molecule has 0 aromatic heterocycles. The van der Waals surface area contributed by atoms with E-state index in [1.54, 1.807) is 0 Å². The molecule has 20 heavy (non-hydrogen) atoms. The van der Waals surface area contributed by atoms with E-state index in [1.807, 2.05) is 6.07 Å². The fraction of sp³-hybridized carbons (Fsp3) is 0.529. The molecule has 1 fully saturated rings. The number of aliphatic hydroxyl groups excluding tert-OH is 1. The number of benzene rings is 1. The third-order valence-electron chi connectivity index (χ3n) is 4.51. The van der Waals surface area contributed by atoms with Crippen molar-refractivity contribution in [1.29, 1.82) is 0 Å². The van der Waals surface area contributed by atoms with Crippen LogP contribution in [0.4, 0.5) is 0 Å². The highest BCUT2D eigenvalue weighted by atomic mass is 16.7. The summed E-state index contributed by atoms with van der Waals surface area (Å²) < 4.78 is 10.9. The fourth-order valence-corrected chi connectivity index (χ4v) is 3.35. The van der Waals surface area contributed by atoms with Gasteiger partial charge in [0, 0.05) is 11.8 Å². The fourth-order valence-electron chi connectivity index (χ4n) is 3.35. The minimum absolute atomic E-state index is 0.144. The molecule has 0 saturated carbocycles. The Balaban J connectivity index is 1.75. The largest absolute Gasteiger partial charge is 0.392 e. The van der Waals surface area contributed by atoms with Crippen molar-refractivity contribution in [1.82, 2.24) is 0 Å². The van der Waals surface area contributed by atoms with Gasteiger partial charge in [0.25, 0.3) is 0 Å². The van der Waals surface area contributed by atoms with Crippen molar-refractivity contribution in [2.45, 2.75) is 44.5 Å². The van der Waals surface area contributed by atoms with E-state index in [2.05, 4.69) is 38.1 Å². The standard InChI is InChI=1S/C17H22O3/c1-12-11-17(2,14-6-4-3-5-13(12)14)15(18)7-8-16-19-9-10-20-16/h3-6,11,15-16,18H,7-10H2,1-2H3. The number of allylic oxidation sites excluding steroid dienone is 1. The van der Waals surface area contributed by atoms with E-state index in [9.17, 15) is 5.11 Å². The highest BCUT2D eigenvalue weighted by molar-refractivity contribution is 5.75. The Bertz CT molecular complexity index is 517. The van der Waals surface area contributed by atoms with E-state index in [1.165, 1.54) is 16.7 Å². The third-order valence-corrected chi connectivity index (χ3v) is 4.51. The molecule has 0 radical (unpaired) electrons. The third kappa shape index (κ3) is 2.30. The molecule has 1 N–H and O–H groups in total. The van der Waals surface area contributed by atoms with Gasteiger partial charge in [0.2, 0.25) is 0 Å². The van der Waals surface area contributed by atoms with Crippen LogP contribution in [0.1, 0.15) is 37.8 Å². The van der Waals surface area contributed by atoms with Gasteiger partial charge >= 0.3 is 0 Å². The van der Waals surface area contributed by atoms with Gasteiger partial charge in [-0.05, 0) is 37.0 Å². The van der Waals surface area contributed by atoms with Crippen molar-refractivity contribution < 1.29 is 14.6 Å². The molecule has 108 valence electrons. The Morgan fingerprint density at radius 2 is 2.00 bits per heavy atom. The summed E-state index contributed by atoms with van der Waals surface area (Å²) in [5, 5.41) is 10.7. The minimum Gasteiger partial charge on any atom is -0.392 e. The summed E-state index contributed by atoms with van der Waals surface area (Å²) in [7, 11) is 0. The molecule has 1 aromatic carbocycles. The van der Waals surface area contributed by atoms with Crippen LogP contribution >= 0.6 is 0 Å². The quantitative estimate of drug-likeness (QED) is 0.917. The highest BCUT2D eigenvalue weighted by Gasteiger charge is 2.38. The van der Waals surface area contributed by atoms with Gasteiger partial charge in [-0.25, -0.2) is 0 Å². The van der Waals surface area contributed by atoms with Crippen molar-refractivity contribution in [2.75, 3.05) is 13.2 Å². The molecule has 2 atom stereocenters. The lowest BCUT2D eigenvalue weighted by Gasteiger charge is -2.30. The zero-order valence-electron chi connectivity index (χ0n) is 12.1. The monoisotopic (exact) mass is 274 g/mol. The summed E-state index contributed by atoms with van der Waals surface area (Å²) in [6, 6.07) is 8.34. The maximum absolute atomic E-state index is 10.7. The summed E-state index contributed by atoms with van der Waals surface area (Å²) in [5.41, 5.74) is 3.41. The Hall–Kier alpha value is -1.16. The van der Waals surface area contributed by atoms with Gasteiger partial charge in [-0.2, -0.15) is 0 Å². The molecule has 3 nitrogen and oxygen atoms in total. The summed E-state index contributed by atoms with van der Waals surface area (Å²) in [4.78, 5) is 0. The number of fused-ring (bicyclic) bond motifs is 1. The maximum Gasteiger partial charge on any atom is 0.157 e. The molecule has 2 unspecified atom stereocenters. The lowest BCUT2D eigenvalue weighted by molar-refractivity contribution is -0.0567. The van der Waals surface area contributed by atoms with Crippen molar-refractivity contribution in [2.24, 2.45) is 0 Å². The lowest BCUT2D eigenvalue weighted by Crippen LogP contribution is -2.34. The van der Waals surface area contributed by atoms with Gasteiger partial charge in [-0.1, -0.05) is 30.3 Å². The molecule has 1 saturated heterocycles. The predicted molar refractivity (Wildman–Crippen MR) is 78.4 cm³/mol. The summed E-state index contributed by atoms with van der Waals surface area (Å²) in [6.45, 7) is 5.56. The van der Waals surface area contributed by atoms with Crippen LogP contribution in [-0.4, -0.2) is 30.7 Å². The number of ether oxygens (including phenoxy) is 2. The molecule has 3 rings (SSSR count). The summed E-state index contributed by atoms with van der Waals surface area (Å²) in [6.07, 6.45) is 3.05. The van der Waals surface area contributed by atoms with Gasteiger partial charge in [0.1, 0.15) is 0 Å². The van der Waals surface area contributed by atoms with Crippen LogP contribution < -0.4 is 0 Å². The first-order chi connectivity index (χ1) is 9.61. The Morgan fingerprint density at radius 1 is 1.30 bits per heavy atom. The Labute approximate surface area is 120 Å². The van der Waals surface area contributed by atoms with Crippen molar-refractivity contribution in [3.63, 3.8) is 0 Å². The predicted octanol–water partition coefficient (Wildman–Crippen LogP) is 2.88. The maximum atomic E-state index is 10.7. The van der Waals surface area contributed by atoms with Gasteiger partial charge in [0.15, 0.2) is 6.29 Å².